The molecule has 0 unspecified atom stereocenters. The van der Waals surface area contributed by atoms with Crippen molar-refractivity contribution in [2.45, 2.75) is 6.42 Å². The van der Waals surface area contributed by atoms with Crippen LogP contribution in [0.5, 0.6) is 0 Å². The van der Waals surface area contributed by atoms with Gasteiger partial charge in [0.25, 0.3) is 0 Å². The van der Waals surface area contributed by atoms with Crippen LogP contribution in [-0.4, -0.2) is 10.4 Å². The highest BCUT2D eigenvalue weighted by Crippen LogP contribution is 2.41. The van der Waals surface area contributed by atoms with E-state index < -0.39 is 0 Å². The first-order chi connectivity index (χ1) is 28.2. The molecule has 0 radical (unpaired) electrons. The molecule has 0 saturated carbocycles. The number of hydrogen-bond acceptors (Lipinski definition) is 1. The van der Waals surface area contributed by atoms with E-state index in [9.17, 15) is 0 Å². The van der Waals surface area contributed by atoms with E-state index in [4.69, 9.17) is 10.7 Å². The molecule has 0 atom stereocenters. The van der Waals surface area contributed by atoms with Crippen molar-refractivity contribution in [3.8, 4) is 27.9 Å². The topological polar surface area (TPSA) is 43.3 Å². The van der Waals surface area contributed by atoms with E-state index in [2.05, 4.69) is 181 Å². The van der Waals surface area contributed by atoms with Crippen molar-refractivity contribution in [1.82, 2.24) is 4.57 Å². The summed E-state index contributed by atoms with van der Waals surface area (Å²) in [5.74, 6) is 0.493. The number of aliphatic imine (C=N–C) groups is 1. The molecule has 0 fully saturated rings. The van der Waals surface area contributed by atoms with Crippen molar-refractivity contribution < 1.29 is 0 Å². The van der Waals surface area contributed by atoms with Crippen LogP contribution in [0.2, 0.25) is 0 Å². The number of amidine groups is 1. The Hall–Kier alpha value is -7.49. The molecule has 1 heterocycles. The van der Waals surface area contributed by atoms with Crippen LogP contribution in [0.3, 0.4) is 0 Å². The lowest BCUT2D eigenvalue weighted by molar-refractivity contribution is 1.18. The van der Waals surface area contributed by atoms with Crippen molar-refractivity contribution in [2.24, 2.45) is 10.7 Å². The molecule has 0 aliphatic carbocycles. The number of allylic oxidation sites excluding steroid dienone is 1. The number of fused-ring (bicyclic) bond motifs is 5. The summed E-state index contributed by atoms with van der Waals surface area (Å²) in [6.45, 7) is 0. The summed E-state index contributed by atoms with van der Waals surface area (Å²) >= 11 is 0. The van der Waals surface area contributed by atoms with E-state index in [1.54, 1.807) is 0 Å². The van der Waals surface area contributed by atoms with Crippen LogP contribution in [0, 0.1) is 0 Å². The highest BCUT2D eigenvalue weighted by Gasteiger charge is 2.16. The molecule has 0 aliphatic rings. The third-order valence-electron chi connectivity index (χ3n) is 11.1. The highest BCUT2D eigenvalue weighted by molar-refractivity contribution is 6.12. The summed E-state index contributed by atoms with van der Waals surface area (Å²) < 4.78 is 2.37. The Bertz CT molecular complexity index is 3080. The zero-order valence-corrected chi connectivity index (χ0v) is 31.4. The molecular weight excluding hydrogens is 691 g/mol. The molecule has 0 spiro atoms. The number of rotatable bonds is 8. The summed E-state index contributed by atoms with van der Waals surface area (Å²) in [6, 6.07) is 73.3. The van der Waals surface area contributed by atoms with Crippen LogP contribution in [0.25, 0.3) is 77.0 Å². The first kappa shape index (κ1) is 34.0. The summed E-state index contributed by atoms with van der Waals surface area (Å²) in [4.78, 5) is 5.09. The second-order valence-electron chi connectivity index (χ2n) is 14.5. The maximum Gasteiger partial charge on any atom is 0.131 e. The second-order valence-corrected chi connectivity index (χ2v) is 14.5. The SMILES string of the molecule is NC(=N/C(=C\Cc1ccccc1)c1ccc(-c2ccc(-c3ccc(-n4c5ccccc5c5ccccc54)cc3)c3ccccc23)c2ccccc12)c1ccccc1. The molecule has 1 aromatic heterocycles. The fourth-order valence-electron chi connectivity index (χ4n) is 8.38. The normalized spacial score (nSPS) is 12.2. The number of nitrogens with zero attached hydrogens (tertiary/aromatic N) is 2. The van der Waals surface area contributed by atoms with E-state index in [1.807, 2.05) is 36.4 Å². The van der Waals surface area contributed by atoms with E-state index in [1.165, 1.54) is 65.8 Å². The van der Waals surface area contributed by atoms with E-state index in [-0.39, 0.29) is 0 Å². The Kier molecular flexibility index (Phi) is 8.74. The lowest BCUT2D eigenvalue weighted by Crippen LogP contribution is -2.13. The molecule has 57 heavy (non-hydrogen) atoms. The number of aromatic nitrogens is 1. The fraction of sp³-hybridized carbons (Fsp3) is 0.0185. The molecule has 2 N–H and O–H groups in total. The van der Waals surface area contributed by atoms with Crippen molar-refractivity contribution in [3.05, 3.63) is 229 Å². The van der Waals surface area contributed by atoms with Gasteiger partial charge in [-0.25, -0.2) is 4.99 Å². The number of benzene rings is 9. The lowest BCUT2D eigenvalue weighted by atomic mass is 9.88. The molecule has 10 aromatic rings. The van der Waals surface area contributed by atoms with Crippen LogP contribution >= 0.6 is 0 Å². The molecule has 3 heteroatoms. The van der Waals surface area contributed by atoms with Gasteiger partial charge in [-0.05, 0) is 80.0 Å². The Balaban J connectivity index is 1.07. The summed E-state index contributed by atoms with van der Waals surface area (Å²) in [6.07, 6.45) is 2.94. The van der Waals surface area contributed by atoms with Crippen molar-refractivity contribution in [3.63, 3.8) is 0 Å². The van der Waals surface area contributed by atoms with E-state index in [0.29, 0.717) is 5.84 Å². The predicted octanol–water partition coefficient (Wildman–Crippen LogP) is 13.4. The van der Waals surface area contributed by atoms with Crippen molar-refractivity contribution >= 4 is 54.9 Å². The average molecular weight is 730 g/mol. The van der Waals surface area contributed by atoms with Gasteiger partial charge < -0.3 is 10.3 Å². The minimum atomic E-state index is 0.493. The fourth-order valence-corrected chi connectivity index (χ4v) is 8.38. The largest absolute Gasteiger partial charge is 0.383 e. The van der Waals surface area contributed by atoms with E-state index >= 15 is 0 Å². The molecule has 9 aromatic carbocycles. The highest BCUT2D eigenvalue weighted by atomic mass is 15.0. The summed E-state index contributed by atoms with van der Waals surface area (Å²) in [5.41, 5.74) is 19.0. The standard InChI is InChI=1S/C54H39N3/c55-54(39-17-5-2-6-18-39)56-51(36-27-37-15-3-1-4-16-37)48-35-34-47(44-21-9-10-22-45(44)48)46-33-32-41(42-19-7-8-20-43(42)46)38-28-30-40(31-29-38)57-52-25-13-11-23-49(52)50-24-12-14-26-53(50)57/h1-26,28-36H,27H2,(H2,55,56)/b51-36-. The predicted molar refractivity (Wildman–Crippen MR) is 242 cm³/mol. The maximum absolute atomic E-state index is 6.68. The molecule has 270 valence electrons. The first-order valence-electron chi connectivity index (χ1n) is 19.5. The lowest BCUT2D eigenvalue weighted by Gasteiger charge is -2.16. The molecule has 0 amide bonds. The van der Waals surface area contributed by atoms with Gasteiger partial charge in [0.05, 0.1) is 16.7 Å². The van der Waals surface area contributed by atoms with Gasteiger partial charge in [0, 0.05) is 27.6 Å². The van der Waals surface area contributed by atoms with Gasteiger partial charge in [-0.15, -0.1) is 0 Å². The number of nitrogens with two attached hydrogens (primary N) is 1. The van der Waals surface area contributed by atoms with Gasteiger partial charge in [0.2, 0.25) is 0 Å². The Morgan fingerprint density at radius 2 is 0.912 bits per heavy atom. The third kappa shape index (κ3) is 6.26. The molecule has 0 bridgehead atoms. The average Bonchev–Trinajstić information content (AvgIpc) is 3.62. The minimum absolute atomic E-state index is 0.493. The summed E-state index contributed by atoms with van der Waals surface area (Å²) in [5, 5.41) is 7.27. The quantitative estimate of drug-likeness (QED) is 0.123. The van der Waals surface area contributed by atoms with Crippen LogP contribution < -0.4 is 5.73 Å². The third-order valence-corrected chi connectivity index (χ3v) is 11.1. The molecule has 0 aliphatic heterocycles. The monoisotopic (exact) mass is 729 g/mol. The van der Waals surface area contributed by atoms with Crippen molar-refractivity contribution in [2.75, 3.05) is 0 Å². The minimum Gasteiger partial charge on any atom is -0.383 e. The Morgan fingerprint density at radius 3 is 1.54 bits per heavy atom. The van der Waals surface area contributed by atoms with Gasteiger partial charge in [0.1, 0.15) is 5.84 Å². The molecular formula is C54H39N3. The number of hydrogen-bond donors (Lipinski definition) is 1. The summed E-state index contributed by atoms with van der Waals surface area (Å²) in [7, 11) is 0. The van der Waals surface area contributed by atoms with Crippen LogP contribution in [0.4, 0.5) is 0 Å². The zero-order chi connectivity index (χ0) is 38.1. The van der Waals surface area contributed by atoms with E-state index in [0.717, 1.165) is 34.3 Å². The molecule has 10 rings (SSSR count). The van der Waals surface area contributed by atoms with Gasteiger partial charge in [-0.1, -0.05) is 188 Å². The first-order valence-corrected chi connectivity index (χ1v) is 19.5. The molecule has 3 nitrogen and oxygen atoms in total. The van der Waals surface area contributed by atoms with Crippen LogP contribution in [0.15, 0.2) is 217 Å². The second kappa shape index (κ2) is 14.6. The van der Waals surface area contributed by atoms with Gasteiger partial charge in [0.15, 0.2) is 0 Å². The van der Waals surface area contributed by atoms with Crippen LogP contribution in [-0.2, 0) is 6.42 Å². The smallest absolute Gasteiger partial charge is 0.131 e. The van der Waals surface area contributed by atoms with Crippen molar-refractivity contribution in [1.29, 1.82) is 0 Å². The molecule has 0 saturated heterocycles. The van der Waals surface area contributed by atoms with Gasteiger partial charge >= 0.3 is 0 Å². The zero-order valence-electron chi connectivity index (χ0n) is 31.4. The maximum atomic E-state index is 6.68. The Morgan fingerprint density at radius 1 is 0.439 bits per heavy atom. The van der Waals surface area contributed by atoms with Gasteiger partial charge in [-0.2, -0.15) is 0 Å². The Labute approximate surface area is 332 Å². The van der Waals surface area contributed by atoms with Gasteiger partial charge in [-0.3, -0.25) is 0 Å². The number of para-hydroxylation sites is 2. The van der Waals surface area contributed by atoms with Crippen LogP contribution in [0.1, 0.15) is 16.7 Å².